The topological polar surface area (TPSA) is 47.6 Å². The molecular weight excluding hydrogens is 324 g/mol. The van der Waals surface area contributed by atoms with Crippen LogP contribution in [-0.2, 0) is 13.6 Å². The van der Waals surface area contributed by atoms with Crippen LogP contribution in [0.1, 0.15) is 26.2 Å². The van der Waals surface area contributed by atoms with Crippen molar-refractivity contribution >= 4 is 23.3 Å². The second kappa shape index (κ2) is 10.5. The molecule has 0 aliphatic carbocycles. The molecule has 0 aliphatic heterocycles. The lowest BCUT2D eigenvalue weighted by molar-refractivity contribution is -0.146. The van der Waals surface area contributed by atoms with Crippen molar-refractivity contribution in [2.24, 2.45) is 0 Å². The molecule has 0 spiro atoms. The fourth-order valence-electron chi connectivity index (χ4n) is 1.94. The van der Waals surface area contributed by atoms with Crippen LogP contribution in [0.25, 0.3) is 0 Å². The predicted molar refractivity (Wildman–Crippen MR) is 89.2 cm³/mol. The van der Waals surface area contributed by atoms with Crippen LogP contribution in [0.4, 0.5) is 8.78 Å². The van der Waals surface area contributed by atoms with Gasteiger partial charge in [-0.25, -0.2) is 0 Å². The first kappa shape index (κ1) is 21.7. The maximum absolute atomic E-state index is 13.7. The molecule has 0 saturated heterocycles. The smallest absolute Gasteiger partial charge is 0.324 e. The van der Waals surface area contributed by atoms with Gasteiger partial charge in [-0.1, -0.05) is 0 Å². The molecule has 1 amide bonds. The molecule has 0 aromatic heterocycles. The SMILES string of the molecule is CCO[Si](C)CCCNC(=O)C(F)(F)CCC[Si](C)(C)OC. The Labute approximate surface area is 135 Å². The van der Waals surface area contributed by atoms with E-state index in [1.165, 1.54) is 0 Å². The van der Waals surface area contributed by atoms with E-state index >= 15 is 0 Å². The Hall–Kier alpha value is -0.316. The Morgan fingerprint density at radius 2 is 1.95 bits per heavy atom. The molecule has 0 aromatic rings. The van der Waals surface area contributed by atoms with Gasteiger partial charge < -0.3 is 14.2 Å². The summed E-state index contributed by atoms with van der Waals surface area (Å²) >= 11 is 0. The lowest BCUT2D eigenvalue weighted by Crippen LogP contribution is -2.41. The van der Waals surface area contributed by atoms with E-state index in [4.69, 9.17) is 8.85 Å². The summed E-state index contributed by atoms with van der Waals surface area (Å²) in [4.78, 5) is 11.6. The van der Waals surface area contributed by atoms with Crippen molar-refractivity contribution in [2.45, 2.75) is 63.8 Å². The third-order valence-corrected chi connectivity index (χ3v) is 8.04. The number of hydrogen-bond donors (Lipinski definition) is 1. The van der Waals surface area contributed by atoms with Crippen molar-refractivity contribution in [3.05, 3.63) is 0 Å². The van der Waals surface area contributed by atoms with Crippen molar-refractivity contribution in [1.82, 2.24) is 5.32 Å². The molecule has 0 bridgehead atoms. The maximum Gasteiger partial charge on any atom is 0.324 e. The van der Waals surface area contributed by atoms with Crippen molar-refractivity contribution in [2.75, 3.05) is 20.3 Å². The van der Waals surface area contributed by atoms with Gasteiger partial charge in [-0.3, -0.25) is 4.79 Å². The number of nitrogens with one attached hydrogen (secondary N) is 1. The van der Waals surface area contributed by atoms with Gasteiger partial charge in [-0.15, -0.1) is 0 Å². The third kappa shape index (κ3) is 9.65. The van der Waals surface area contributed by atoms with E-state index < -0.39 is 35.6 Å². The van der Waals surface area contributed by atoms with Gasteiger partial charge in [0.15, 0.2) is 8.32 Å². The summed E-state index contributed by atoms with van der Waals surface area (Å²) in [5.74, 6) is -4.45. The van der Waals surface area contributed by atoms with Crippen LogP contribution in [0.5, 0.6) is 0 Å². The third-order valence-electron chi connectivity index (χ3n) is 3.54. The van der Waals surface area contributed by atoms with Crippen LogP contribution in [-0.4, -0.2) is 49.4 Å². The molecule has 0 heterocycles. The van der Waals surface area contributed by atoms with E-state index in [0.29, 0.717) is 25.5 Å². The quantitative estimate of drug-likeness (QED) is 0.431. The highest BCUT2D eigenvalue weighted by molar-refractivity contribution is 6.71. The Morgan fingerprint density at radius 3 is 2.50 bits per heavy atom. The number of carbonyl (C=O) groups excluding carboxylic acids is 1. The first-order valence-electron chi connectivity index (χ1n) is 7.81. The van der Waals surface area contributed by atoms with Gasteiger partial charge in [0, 0.05) is 26.7 Å². The molecule has 1 radical (unpaired) electrons. The highest BCUT2D eigenvalue weighted by atomic mass is 28.4. The highest BCUT2D eigenvalue weighted by Gasteiger charge is 2.38. The van der Waals surface area contributed by atoms with Crippen LogP contribution >= 0.6 is 0 Å². The summed E-state index contributed by atoms with van der Waals surface area (Å²) in [6.07, 6.45) is 0.566. The molecule has 0 unspecified atom stereocenters. The van der Waals surface area contributed by atoms with Crippen molar-refractivity contribution in [3.63, 3.8) is 0 Å². The van der Waals surface area contributed by atoms with Gasteiger partial charge >= 0.3 is 5.92 Å². The molecule has 131 valence electrons. The summed E-state index contributed by atoms with van der Waals surface area (Å²) < 4.78 is 38.3. The molecule has 22 heavy (non-hydrogen) atoms. The summed E-state index contributed by atoms with van der Waals surface area (Å²) in [5.41, 5.74) is 0. The molecule has 0 saturated carbocycles. The van der Waals surface area contributed by atoms with Crippen LogP contribution in [0, 0.1) is 0 Å². The number of hydrogen-bond acceptors (Lipinski definition) is 3. The molecular formula is C14H30F2NO3Si2. The maximum atomic E-state index is 13.7. The van der Waals surface area contributed by atoms with Crippen LogP contribution in [0.3, 0.4) is 0 Å². The molecule has 0 aromatic carbocycles. The average molecular weight is 355 g/mol. The van der Waals surface area contributed by atoms with Crippen LogP contribution < -0.4 is 5.32 Å². The zero-order chi connectivity index (χ0) is 17.2. The lowest BCUT2D eigenvalue weighted by atomic mass is 10.2. The standard InChI is InChI=1S/C14H30F2NO3Si2/c1-6-20-21(3)11-8-10-17-13(18)14(15,16)9-7-12-22(4,5)19-2/h6-12H2,1-5H3,(H,17,18). The zero-order valence-corrected chi connectivity index (χ0v) is 16.4. The summed E-state index contributed by atoms with van der Waals surface area (Å²) in [7, 11) is -1.08. The Morgan fingerprint density at radius 1 is 1.32 bits per heavy atom. The average Bonchev–Trinajstić information content (AvgIpc) is 2.43. The monoisotopic (exact) mass is 354 g/mol. The van der Waals surface area contributed by atoms with Crippen molar-refractivity contribution in [1.29, 1.82) is 0 Å². The minimum atomic E-state index is -3.29. The van der Waals surface area contributed by atoms with Crippen molar-refractivity contribution < 1.29 is 22.4 Å². The highest BCUT2D eigenvalue weighted by Crippen LogP contribution is 2.24. The summed E-state index contributed by atoms with van der Waals surface area (Å²) in [5, 5.41) is 2.33. The zero-order valence-electron chi connectivity index (χ0n) is 14.4. The molecule has 0 aliphatic rings. The lowest BCUT2D eigenvalue weighted by Gasteiger charge is -2.21. The van der Waals surface area contributed by atoms with E-state index in [0.717, 1.165) is 6.04 Å². The van der Waals surface area contributed by atoms with Gasteiger partial charge in [-0.2, -0.15) is 8.78 Å². The fraction of sp³-hybridized carbons (Fsp3) is 0.929. The van der Waals surface area contributed by atoms with E-state index in [1.54, 1.807) is 7.11 Å². The minimum Gasteiger partial charge on any atom is -0.420 e. The van der Waals surface area contributed by atoms with E-state index in [9.17, 15) is 13.6 Å². The predicted octanol–water partition coefficient (Wildman–Crippen LogP) is 3.42. The summed E-state index contributed by atoms with van der Waals surface area (Å²) in [6, 6.07) is 1.47. The summed E-state index contributed by atoms with van der Waals surface area (Å²) in [6.45, 7) is 8.88. The first-order chi connectivity index (χ1) is 10.1. The van der Waals surface area contributed by atoms with E-state index in [-0.39, 0.29) is 6.54 Å². The van der Waals surface area contributed by atoms with E-state index in [2.05, 4.69) is 5.32 Å². The number of rotatable bonds is 12. The van der Waals surface area contributed by atoms with Gasteiger partial charge in [0.1, 0.15) is 0 Å². The Kier molecular flexibility index (Phi) is 10.3. The number of alkyl halides is 2. The van der Waals surface area contributed by atoms with Gasteiger partial charge in [0.25, 0.3) is 5.91 Å². The molecule has 1 N–H and O–H groups in total. The number of carbonyl (C=O) groups is 1. The van der Waals surface area contributed by atoms with Gasteiger partial charge in [0.2, 0.25) is 9.04 Å². The Bertz CT molecular complexity index is 331. The molecule has 0 fully saturated rings. The second-order valence-electron chi connectivity index (χ2n) is 6.02. The van der Waals surface area contributed by atoms with E-state index in [1.807, 2.05) is 26.6 Å². The molecule has 4 nitrogen and oxygen atoms in total. The second-order valence-corrected chi connectivity index (χ2v) is 12.6. The first-order valence-corrected chi connectivity index (χ1v) is 13.0. The normalized spacial score (nSPS) is 12.7. The molecule has 0 rings (SSSR count). The van der Waals surface area contributed by atoms with Crippen molar-refractivity contribution in [3.8, 4) is 0 Å². The number of halogens is 2. The molecule has 8 heteroatoms. The largest absolute Gasteiger partial charge is 0.420 e. The van der Waals surface area contributed by atoms with Gasteiger partial charge in [-0.05, 0) is 51.5 Å². The molecule has 0 atom stereocenters. The fourth-order valence-corrected chi connectivity index (χ4v) is 4.48. The van der Waals surface area contributed by atoms with Crippen LogP contribution in [0.15, 0.2) is 0 Å². The Balaban J connectivity index is 3.97. The minimum absolute atomic E-state index is 0.280. The van der Waals surface area contributed by atoms with Gasteiger partial charge in [0.05, 0.1) is 0 Å². The number of amides is 1. The van der Waals surface area contributed by atoms with Crippen LogP contribution in [0.2, 0.25) is 31.7 Å².